The van der Waals surface area contributed by atoms with E-state index in [-0.39, 0.29) is 5.56 Å². The fraction of sp³-hybridized carbons (Fsp3) is 0.300. The van der Waals surface area contributed by atoms with Gasteiger partial charge in [-0.1, -0.05) is 12.1 Å². The van der Waals surface area contributed by atoms with Crippen molar-refractivity contribution in [3.63, 3.8) is 0 Å². The summed E-state index contributed by atoms with van der Waals surface area (Å²) in [7, 11) is 3.26. The Morgan fingerprint density at radius 2 is 2.07 bits per heavy atom. The Hall–Kier alpha value is -2.64. The summed E-state index contributed by atoms with van der Waals surface area (Å²) in [5, 5.41) is 1.99. The molecule has 0 saturated heterocycles. The standard InChI is InChI=1S/C20H21N3O3S/c1-25-16-6-5-13(10-17(16)26-2)11-23-8-7-15-14(12-23)20(24)22-19(21-15)18-4-3-9-27-18/h3-6,9-10H,7-8,11-12H2,1-2H3,(H,21,22,24). The van der Waals surface area contributed by atoms with Crippen LogP contribution in [0.2, 0.25) is 0 Å². The SMILES string of the molecule is COc1ccc(CN2CCc3nc(-c4cccs4)[nH]c(=O)c3C2)cc1OC. The average Bonchev–Trinajstić information content (AvgIpc) is 3.23. The van der Waals surface area contributed by atoms with Gasteiger partial charge in [0.15, 0.2) is 17.3 Å². The van der Waals surface area contributed by atoms with Crippen LogP contribution in [-0.2, 0) is 19.5 Å². The summed E-state index contributed by atoms with van der Waals surface area (Å²) in [6, 6.07) is 9.86. The number of rotatable bonds is 5. The van der Waals surface area contributed by atoms with Gasteiger partial charge in [-0.2, -0.15) is 0 Å². The van der Waals surface area contributed by atoms with E-state index in [0.717, 1.165) is 41.2 Å². The Balaban J connectivity index is 1.54. The molecule has 0 unspecified atom stereocenters. The molecule has 1 N–H and O–H groups in total. The molecule has 0 radical (unpaired) electrons. The predicted octanol–water partition coefficient (Wildman–Crippen LogP) is 3.07. The number of benzene rings is 1. The molecule has 1 aliphatic rings. The van der Waals surface area contributed by atoms with Crippen LogP contribution in [0.5, 0.6) is 11.5 Å². The Morgan fingerprint density at radius 3 is 2.81 bits per heavy atom. The number of methoxy groups -OCH3 is 2. The van der Waals surface area contributed by atoms with Gasteiger partial charge in [0.05, 0.1) is 30.4 Å². The molecule has 0 saturated carbocycles. The summed E-state index contributed by atoms with van der Waals surface area (Å²) in [5.41, 5.74) is 2.75. The molecule has 140 valence electrons. The lowest BCUT2D eigenvalue weighted by Gasteiger charge is -2.27. The van der Waals surface area contributed by atoms with Gasteiger partial charge < -0.3 is 14.5 Å². The lowest BCUT2D eigenvalue weighted by atomic mass is 10.1. The molecule has 0 atom stereocenters. The van der Waals surface area contributed by atoms with Crippen LogP contribution >= 0.6 is 11.3 Å². The maximum absolute atomic E-state index is 12.6. The molecule has 3 aromatic rings. The fourth-order valence-corrected chi connectivity index (χ4v) is 4.05. The molecular formula is C20H21N3O3S. The van der Waals surface area contributed by atoms with E-state index in [1.807, 2.05) is 35.7 Å². The summed E-state index contributed by atoms with van der Waals surface area (Å²) in [6.45, 7) is 2.20. The number of hydrogen-bond donors (Lipinski definition) is 1. The highest BCUT2D eigenvalue weighted by molar-refractivity contribution is 7.13. The molecule has 0 amide bonds. The maximum Gasteiger partial charge on any atom is 0.255 e. The van der Waals surface area contributed by atoms with E-state index in [1.165, 1.54) is 0 Å². The minimum Gasteiger partial charge on any atom is -0.493 e. The summed E-state index contributed by atoms with van der Waals surface area (Å²) >= 11 is 1.58. The van der Waals surface area contributed by atoms with Crippen LogP contribution in [0, 0.1) is 0 Å². The van der Waals surface area contributed by atoms with Gasteiger partial charge in [0.1, 0.15) is 0 Å². The largest absolute Gasteiger partial charge is 0.493 e. The molecular weight excluding hydrogens is 362 g/mol. The molecule has 27 heavy (non-hydrogen) atoms. The van der Waals surface area contributed by atoms with Gasteiger partial charge in [0, 0.05) is 26.1 Å². The number of nitrogens with one attached hydrogen (secondary N) is 1. The van der Waals surface area contributed by atoms with Crippen molar-refractivity contribution in [1.82, 2.24) is 14.9 Å². The number of aromatic nitrogens is 2. The van der Waals surface area contributed by atoms with Crippen LogP contribution in [0.1, 0.15) is 16.8 Å². The predicted molar refractivity (Wildman–Crippen MR) is 106 cm³/mol. The molecule has 1 aromatic carbocycles. The Morgan fingerprint density at radius 1 is 1.22 bits per heavy atom. The fourth-order valence-electron chi connectivity index (χ4n) is 3.38. The molecule has 4 rings (SSSR count). The summed E-state index contributed by atoms with van der Waals surface area (Å²) in [4.78, 5) is 23.5. The van der Waals surface area contributed by atoms with E-state index in [4.69, 9.17) is 14.5 Å². The van der Waals surface area contributed by atoms with Crippen LogP contribution in [-0.4, -0.2) is 35.6 Å². The third kappa shape index (κ3) is 3.61. The minimum absolute atomic E-state index is 0.0413. The van der Waals surface area contributed by atoms with Crippen molar-refractivity contribution >= 4 is 11.3 Å². The number of hydrogen-bond acceptors (Lipinski definition) is 6. The first-order valence-corrected chi connectivity index (χ1v) is 9.65. The van der Waals surface area contributed by atoms with Gasteiger partial charge in [-0.3, -0.25) is 9.69 Å². The van der Waals surface area contributed by atoms with E-state index in [1.54, 1.807) is 25.6 Å². The van der Waals surface area contributed by atoms with Gasteiger partial charge in [0.2, 0.25) is 0 Å². The topological polar surface area (TPSA) is 67.5 Å². The first kappa shape index (κ1) is 17.8. The number of aromatic amines is 1. The van der Waals surface area contributed by atoms with Crippen molar-refractivity contribution in [2.75, 3.05) is 20.8 Å². The minimum atomic E-state index is -0.0413. The summed E-state index contributed by atoms with van der Waals surface area (Å²) in [6.07, 6.45) is 0.769. The van der Waals surface area contributed by atoms with Crippen molar-refractivity contribution in [3.8, 4) is 22.2 Å². The van der Waals surface area contributed by atoms with Crippen LogP contribution in [0.25, 0.3) is 10.7 Å². The Labute approximate surface area is 161 Å². The number of thiophene rings is 1. The molecule has 2 aromatic heterocycles. The molecule has 0 bridgehead atoms. The second kappa shape index (κ2) is 7.54. The van der Waals surface area contributed by atoms with E-state index < -0.39 is 0 Å². The number of fused-ring (bicyclic) bond motifs is 1. The quantitative estimate of drug-likeness (QED) is 0.733. The lowest BCUT2D eigenvalue weighted by molar-refractivity contribution is 0.241. The smallest absolute Gasteiger partial charge is 0.255 e. The molecule has 3 heterocycles. The maximum atomic E-state index is 12.6. The summed E-state index contributed by atoms with van der Waals surface area (Å²) < 4.78 is 10.7. The second-order valence-electron chi connectivity index (χ2n) is 6.47. The van der Waals surface area contributed by atoms with Gasteiger partial charge in [-0.15, -0.1) is 11.3 Å². The second-order valence-corrected chi connectivity index (χ2v) is 7.41. The van der Waals surface area contributed by atoms with Crippen molar-refractivity contribution in [2.24, 2.45) is 0 Å². The van der Waals surface area contributed by atoms with Gasteiger partial charge >= 0.3 is 0 Å². The van der Waals surface area contributed by atoms with Crippen molar-refractivity contribution in [1.29, 1.82) is 0 Å². The zero-order valence-corrected chi connectivity index (χ0v) is 16.1. The molecule has 0 spiro atoms. The van der Waals surface area contributed by atoms with E-state index in [2.05, 4.69) is 9.88 Å². The zero-order chi connectivity index (χ0) is 18.8. The van der Waals surface area contributed by atoms with Crippen LogP contribution in [0.4, 0.5) is 0 Å². The van der Waals surface area contributed by atoms with Crippen molar-refractivity contribution in [3.05, 3.63) is 62.9 Å². The van der Waals surface area contributed by atoms with Gasteiger partial charge in [0.25, 0.3) is 5.56 Å². The molecule has 0 aliphatic carbocycles. The van der Waals surface area contributed by atoms with Crippen LogP contribution in [0.3, 0.4) is 0 Å². The van der Waals surface area contributed by atoms with Crippen LogP contribution < -0.4 is 15.0 Å². The first-order valence-electron chi connectivity index (χ1n) is 8.77. The number of ether oxygens (including phenoxy) is 2. The number of H-pyrrole nitrogens is 1. The van der Waals surface area contributed by atoms with Gasteiger partial charge in [-0.25, -0.2) is 4.98 Å². The molecule has 6 nitrogen and oxygen atoms in total. The highest BCUT2D eigenvalue weighted by Crippen LogP contribution is 2.29. The molecule has 7 heteroatoms. The normalized spacial score (nSPS) is 14.0. The first-order chi connectivity index (χ1) is 13.2. The van der Waals surface area contributed by atoms with Gasteiger partial charge in [-0.05, 0) is 29.1 Å². The highest BCUT2D eigenvalue weighted by atomic mass is 32.1. The third-order valence-corrected chi connectivity index (χ3v) is 5.63. The van der Waals surface area contributed by atoms with E-state index in [0.29, 0.717) is 23.9 Å². The van der Waals surface area contributed by atoms with Crippen molar-refractivity contribution < 1.29 is 9.47 Å². The average molecular weight is 383 g/mol. The lowest BCUT2D eigenvalue weighted by Crippen LogP contribution is -2.35. The Bertz CT molecular complexity index is 998. The highest BCUT2D eigenvalue weighted by Gasteiger charge is 2.22. The van der Waals surface area contributed by atoms with E-state index in [9.17, 15) is 4.79 Å². The summed E-state index contributed by atoms with van der Waals surface area (Å²) in [5.74, 6) is 2.10. The van der Waals surface area contributed by atoms with Crippen molar-refractivity contribution in [2.45, 2.75) is 19.5 Å². The zero-order valence-electron chi connectivity index (χ0n) is 15.3. The van der Waals surface area contributed by atoms with Crippen LogP contribution in [0.15, 0.2) is 40.5 Å². The third-order valence-electron chi connectivity index (χ3n) is 4.76. The van der Waals surface area contributed by atoms with E-state index >= 15 is 0 Å². The molecule has 0 fully saturated rings. The monoisotopic (exact) mass is 383 g/mol. The molecule has 1 aliphatic heterocycles. The Kier molecular flexibility index (Phi) is 4.96. The number of nitrogens with zero attached hydrogens (tertiary/aromatic N) is 2.